The number of piperidine rings is 1. The third kappa shape index (κ3) is 4.23. The highest BCUT2D eigenvalue weighted by molar-refractivity contribution is 5.49. The van der Waals surface area contributed by atoms with Crippen LogP contribution in [-0.2, 0) is 11.3 Å². The molecule has 0 unspecified atom stereocenters. The van der Waals surface area contributed by atoms with Gasteiger partial charge < -0.3 is 19.5 Å². The molecule has 28 heavy (non-hydrogen) atoms. The minimum absolute atomic E-state index is 0.00601. The zero-order valence-electron chi connectivity index (χ0n) is 16.7. The lowest BCUT2D eigenvalue weighted by Gasteiger charge is -2.38. The SMILES string of the molecule is COc1cccc(N[C@@H]2COC3(CCN(Cc4cccnc4OC)CC3)C2)c1. The van der Waals surface area contributed by atoms with Crippen LogP contribution in [0.1, 0.15) is 24.8 Å². The Morgan fingerprint density at radius 3 is 2.82 bits per heavy atom. The molecule has 2 fully saturated rings. The molecular formula is C22H29N3O3. The van der Waals surface area contributed by atoms with Crippen LogP contribution in [0, 0.1) is 0 Å². The smallest absolute Gasteiger partial charge is 0.217 e. The summed E-state index contributed by atoms with van der Waals surface area (Å²) in [6.45, 7) is 3.69. The molecule has 0 aliphatic carbocycles. The normalized spacial score (nSPS) is 21.6. The highest BCUT2D eigenvalue weighted by Gasteiger charge is 2.42. The van der Waals surface area contributed by atoms with E-state index in [1.165, 1.54) is 0 Å². The number of benzene rings is 1. The number of aromatic nitrogens is 1. The third-order valence-corrected chi connectivity index (χ3v) is 5.85. The molecular weight excluding hydrogens is 354 g/mol. The summed E-state index contributed by atoms with van der Waals surface area (Å²) in [5.41, 5.74) is 2.24. The first kappa shape index (κ1) is 19.0. The number of anilines is 1. The van der Waals surface area contributed by atoms with E-state index in [1.54, 1.807) is 20.4 Å². The molecule has 0 bridgehead atoms. The fraction of sp³-hybridized carbons (Fsp3) is 0.500. The van der Waals surface area contributed by atoms with Crippen molar-refractivity contribution in [1.82, 2.24) is 9.88 Å². The van der Waals surface area contributed by atoms with E-state index in [0.717, 1.165) is 68.4 Å². The molecule has 1 spiro atoms. The molecule has 1 N–H and O–H groups in total. The Morgan fingerprint density at radius 1 is 1.18 bits per heavy atom. The molecule has 1 atom stereocenters. The van der Waals surface area contributed by atoms with Crippen molar-refractivity contribution in [1.29, 1.82) is 0 Å². The maximum atomic E-state index is 6.31. The van der Waals surface area contributed by atoms with Gasteiger partial charge in [0, 0.05) is 43.1 Å². The van der Waals surface area contributed by atoms with E-state index < -0.39 is 0 Å². The second kappa shape index (κ2) is 8.37. The molecule has 4 rings (SSSR count). The second-order valence-electron chi connectivity index (χ2n) is 7.72. The molecule has 2 saturated heterocycles. The summed E-state index contributed by atoms with van der Waals surface area (Å²) in [4.78, 5) is 6.77. The van der Waals surface area contributed by atoms with Gasteiger partial charge in [-0.05, 0) is 37.5 Å². The van der Waals surface area contributed by atoms with Crippen LogP contribution in [0.2, 0.25) is 0 Å². The van der Waals surface area contributed by atoms with Gasteiger partial charge in [-0.1, -0.05) is 12.1 Å². The van der Waals surface area contributed by atoms with Crippen molar-refractivity contribution in [2.45, 2.75) is 37.5 Å². The highest BCUT2D eigenvalue weighted by atomic mass is 16.5. The number of rotatable bonds is 6. The van der Waals surface area contributed by atoms with Gasteiger partial charge in [0.05, 0.1) is 32.5 Å². The quantitative estimate of drug-likeness (QED) is 0.826. The van der Waals surface area contributed by atoms with Gasteiger partial charge in [0.2, 0.25) is 5.88 Å². The molecule has 6 heteroatoms. The van der Waals surface area contributed by atoms with E-state index in [0.29, 0.717) is 6.04 Å². The van der Waals surface area contributed by atoms with Crippen molar-refractivity contribution in [2.24, 2.45) is 0 Å². The number of pyridine rings is 1. The Bertz CT molecular complexity index is 790. The molecule has 0 radical (unpaired) electrons. The van der Waals surface area contributed by atoms with Crippen molar-refractivity contribution in [3.63, 3.8) is 0 Å². The zero-order valence-corrected chi connectivity index (χ0v) is 16.7. The number of nitrogens with one attached hydrogen (secondary N) is 1. The van der Waals surface area contributed by atoms with Crippen LogP contribution in [0.15, 0.2) is 42.6 Å². The van der Waals surface area contributed by atoms with Crippen LogP contribution in [0.3, 0.4) is 0 Å². The van der Waals surface area contributed by atoms with Crippen LogP contribution < -0.4 is 14.8 Å². The summed E-state index contributed by atoms with van der Waals surface area (Å²) in [5.74, 6) is 1.60. The monoisotopic (exact) mass is 383 g/mol. The minimum atomic E-state index is 0.00601. The van der Waals surface area contributed by atoms with Crippen LogP contribution in [0.5, 0.6) is 11.6 Å². The molecule has 3 heterocycles. The van der Waals surface area contributed by atoms with Gasteiger partial charge in [0.15, 0.2) is 0 Å². The van der Waals surface area contributed by atoms with Crippen LogP contribution in [0.4, 0.5) is 5.69 Å². The molecule has 150 valence electrons. The molecule has 1 aromatic carbocycles. The van der Waals surface area contributed by atoms with E-state index in [1.807, 2.05) is 24.3 Å². The van der Waals surface area contributed by atoms with Crippen molar-refractivity contribution in [3.05, 3.63) is 48.2 Å². The molecule has 6 nitrogen and oxygen atoms in total. The highest BCUT2D eigenvalue weighted by Crippen LogP contribution is 2.37. The fourth-order valence-corrected chi connectivity index (χ4v) is 4.32. The largest absolute Gasteiger partial charge is 0.497 e. The maximum Gasteiger partial charge on any atom is 0.217 e. The van der Waals surface area contributed by atoms with E-state index in [2.05, 4.69) is 27.3 Å². The zero-order chi connectivity index (χ0) is 19.4. The van der Waals surface area contributed by atoms with Gasteiger partial charge in [0.25, 0.3) is 0 Å². The van der Waals surface area contributed by atoms with Gasteiger partial charge in [-0.25, -0.2) is 4.98 Å². The predicted octanol–water partition coefficient (Wildman–Crippen LogP) is 3.33. The lowest BCUT2D eigenvalue weighted by molar-refractivity contribution is -0.0449. The first-order chi connectivity index (χ1) is 13.7. The van der Waals surface area contributed by atoms with Gasteiger partial charge in [-0.2, -0.15) is 0 Å². The first-order valence-corrected chi connectivity index (χ1v) is 9.94. The number of hydrogen-bond donors (Lipinski definition) is 1. The topological polar surface area (TPSA) is 55.8 Å². The molecule has 0 saturated carbocycles. The molecule has 2 aromatic rings. The van der Waals surface area contributed by atoms with E-state index in [-0.39, 0.29) is 5.60 Å². The number of ether oxygens (including phenoxy) is 3. The summed E-state index contributed by atoms with van der Waals surface area (Å²) in [5, 5.41) is 3.61. The van der Waals surface area contributed by atoms with Crippen molar-refractivity contribution in [3.8, 4) is 11.6 Å². The second-order valence-corrected chi connectivity index (χ2v) is 7.72. The average molecular weight is 383 g/mol. The van der Waals surface area contributed by atoms with E-state index in [4.69, 9.17) is 14.2 Å². The van der Waals surface area contributed by atoms with Crippen LogP contribution >= 0.6 is 0 Å². The van der Waals surface area contributed by atoms with Crippen LogP contribution in [-0.4, -0.2) is 55.4 Å². The molecule has 2 aliphatic rings. The average Bonchev–Trinajstić information content (AvgIpc) is 3.12. The Morgan fingerprint density at radius 2 is 2.04 bits per heavy atom. The van der Waals surface area contributed by atoms with Gasteiger partial charge in [-0.15, -0.1) is 0 Å². The van der Waals surface area contributed by atoms with Crippen molar-refractivity contribution < 1.29 is 14.2 Å². The lowest BCUT2D eigenvalue weighted by atomic mass is 9.87. The number of nitrogens with zero attached hydrogens (tertiary/aromatic N) is 2. The van der Waals surface area contributed by atoms with Crippen molar-refractivity contribution >= 4 is 5.69 Å². The summed E-state index contributed by atoms with van der Waals surface area (Å²) in [6, 6.07) is 12.5. The van der Waals surface area contributed by atoms with Gasteiger partial charge >= 0.3 is 0 Å². The Hall–Kier alpha value is -2.31. The number of likely N-dealkylation sites (tertiary alicyclic amines) is 1. The Balaban J connectivity index is 1.31. The summed E-state index contributed by atoms with van der Waals surface area (Å²) in [7, 11) is 3.38. The molecule has 1 aromatic heterocycles. The van der Waals surface area contributed by atoms with Gasteiger partial charge in [0.1, 0.15) is 5.75 Å². The van der Waals surface area contributed by atoms with Gasteiger partial charge in [-0.3, -0.25) is 4.90 Å². The molecule has 0 amide bonds. The number of hydrogen-bond acceptors (Lipinski definition) is 6. The van der Waals surface area contributed by atoms with E-state index in [9.17, 15) is 0 Å². The first-order valence-electron chi connectivity index (χ1n) is 9.94. The van der Waals surface area contributed by atoms with Crippen LogP contribution in [0.25, 0.3) is 0 Å². The molecule has 2 aliphatic heterocycles. The van der Waals surface area contributed by atoms with E-state index >= 15 is 0 Å². The standard InChI is InChI=1S/C22H29N3O3/c1-26-20-7-3-6-18(13-20)24-19-14-22(28-16-19)8-11-25(12-9-22)15-17-5-4-10-23-21(17)27-2/h3-7,10,13,19,24H,8-9,11-12,14-16H2,1-2H3/t19-/m0/s1. The maximum absolute atomic E-state index is 6.31. The third-order valence-electron chi connectivity index (χ3n) is 5.85. The Labute approximate surface area is 166 Å². The predicted molar refractivity (Wildman–Crippen MR) is 109 cm³/mol. The lowest BCUT2D eigenvalue weighted by Crippen LogP contribution is -2.44. The number of methoxy groups -OCH3 is 2. The summed E-state index contributed by atoms with van der Waals surface area (Å²) in [6.07, 6.45) is 4.95. The summed E-state index contributed by atoms with van der Waals surface area (Å²) < 4.78 is 17.0. The summed E-state index contributed by atoms with van der Waals surface area (Å²) >= 11 is 0. The minimum Gasteiger partial charge on any atom is -0.497 e. The Kier molecular flexibility index (Phi) is 5.69. The fourth-order valence-electron chi connectivity index (χ4n) is 4.32. The van der Waals surface area contributed by atoms with Crippen molar-refractivity contribution in [2.75, 3.05) is 39.2 Å².